The van der Waals surface area contributed by atoms with Gasteiger partial charge < -0.3 is 19.9 Å². The summed E-state index contributed by atoms with van der Waals surface area (Å²) in [6.45, 7) is 2.01. The van der Waals surface area contributed by atoms with E-state index in [1.807, 2.05) is 52.3 Å². The van der Waals surface area contributed by atoms with Gasteiger partial charge in [-0.3, -0.25) is 9.59 Å². The summed E-state index contributed by atoms with van der Waals surface area (Å²) in [4.78, 5) is 34.3. The fourth-order valence-corrected chi connectivity index (χ4v) is 5.58. The van der Waals surface area contributed by atoms with E-state index in [0.29, 0.717) is 18.8 Å². The quantitative estimate of drug-likeness (QED) is 0.661. The zero-order valence-corrected chi connectivity index (χ0v) is 18.8. The van der Waals surface area contributed by atoms with Crippen molar-refractivity contribution in [1.29, 1.82) is 0 Å². The lowest BCUT2D eigenvalue weighted by atomic mass is 9.98. The van der Waals surface area contributed by atoms with Gasteiger partial charge in [0.1, 0.15) is 5.75 Å². The van der Waals surface area contributed by atoms with Gasteiger partial charge in [-0.15, -0.1) is 11.3 Å². The molecule has 32 heavy (non-hydrogen) atoms. The summed E-state index contributed by atoms with van der Waals surface area (Å²) < 4.78 is 7.05. The van der Waals surface area contributed by atoms with E-state index in [-0.39, 0.29) is 24.3 Å². The van der Waals surface area contributed by atoms with Gasteiger partial charge in [-0.25, -0.2) is 4.98 Å². The molecule has 1 saturated heterocycles. The van der Waals surface area contributed by atoms with Crippen molar-refractivity contribution in [1.82, 2.24) is 15.2 Å². The number of para-hydroxylation sites is 3. The molecule has 2 aliphatic heterocycles. The van der Waals surface area contributed by atoms with Gasteiger partial charge in [0.05, 0.1) is 34.0 Å². The lowest BCUT2D eigenvalue weighted by Gasteiger charge is -2.37. The van der Waals surface area contributed by atoms with Crippen molar-refractivity contribution in [3.8, 4) is 5.75 Å². The maximum absolute atomic E-state index is 13.3. The summed E-state index contributed by atoms with van der Waals surface area (Å²) in [6, 6.07) is 15.7. The number of hydrogen-bond donors (Lipinski definition) is 1. The fourth-order valence-electron chi connectivity index (χ4n) is 4.49. The molecule has 7 nitrogen and oxygen atoms in total. The molecule has 8 heteroatoms. The molecule has 1 aromatic heterocycles. The van der Waals surface area contributed by atoms with Crippen LogP contribution in [0.15, 0.2) is 48.5 Å². The van der Waals surface area contributed by atoms with Crippen LogP contribution in [0.25, 0.3) is 10.2 Å². The Balaban J connectivity index is 1.31. The van der Waals surface area contributed by atoms with Crippen molar-refractivity contribution in [2.45, 2.75) is 24.9 Å². The first-order valence-corrected chi connectivity index (χ1v) is 11.8. The van der Waals surface area contributed by atoms with Crippen molar-refractivity contribution in [3.63, 3.8) is 0 Å². The van der Waals surface area contributed by atoms with Crippen LogP contribution in [0.1, 0.15) is 23.8 Å². The standard InChI is InChI=1S/C24H26N4O3S/c1-25-23(30)20-14-28(18-9-3-4-10-19(18)31-20)15-22(29)27-12-6-7-16(13-27)24-26-17-8-2-5-11-21(17)32-24/h2-5,8-11,16,20H,6-7,12-15H2,1H3,(H,25,30)/t16-,20+/m0/s1. The van der Waals surface area contributed by atoms with E-state index in [1.165, 1.54) is 4.70 Å². The van der Waals surface area contributed by atoms with Crippen molar-refractivity contribution >= 4 is 39.1 Å². The first kappa shape index (κ1) is 20.8. The largest absolute Gasteiger partial charge is 0.477 e. The van der Waals surface area contributed by atoms with Crippen LogP contribution in [0.3, 0.4) is 0 Å². The predicted octanol–water partition coefficient (Wildman–Crippen LogP) is 3.02. The Morgan fingerprint density at radius 2 is 1.97 bits per heavy atom. The molecule has 1 fully saturated rings. The molecule has 0 spiro atoms. The van der Waals surface area contributed by atoms with Crippen LogP contribution in [0.2, 0.25) is 0 Å². The summed E-state index contributed by atoms with van der Waals surface area (Å²) in [5.74, 6) is 0.779. The van der Waals surface area contributed by atoms with Crippen LogP contribution >= 0.6 is 11.3 Å². The van der Waals surface area contributed by atoms with Crippen molar-refractivity contribution in [3.05, 3.63) is 53.5 Å². The average molecular weight is 451 g/mol. The van der Waals surface area contributed by atoms with Crippen molar-refractivity contribution in [2.24, 2.45) is 0 Å². The number of hydrogen-bond acceptors (Lipinski definition) is 6. The zero-order valence-electron chi connectivity index (χ0n) is 18.0. The van der Waals surface area contributed by atoms with Crippen LogP contribution < -0.4 is 15.0 Å². The number of ether oxygens (including phenoxy) is 1. The molecule has 3 aromatic rings. The third-order valence-electron chi connectivity index (χ3n) is 6.16. The molecule has 166 valence electrons. The number of fused-ring (bicyclic) bond motifs is 2. The highest BCUT2D eigenvalue weighted by molar-refractivity contribution is 7.18. The summed E-state index contributed by atoms with van der Waals surface area (Å²) in [7, 11) is 1.59. The van der Waals surface area contributed by atoms with E-state index >= 15 is 0 Å². The second kappa shape index (κ2) is 8.78. The molecule has 0 saturated carbocycles. The number of benzene rings is 2. The topological polar surface area (TPSA) is 74.8 Å². The van der Waals surface area contributed by atoms with Gasteiger partial charge in [0, 0.05) is 26.1 Å². The fraction of sp³-hybridized carbons (Fsp3) is 0.375. The molecule has 1 N–H and O–H groups in total. The van der Waals surface area contributed by atoms with E-state index < -0.39 is 6.10 Å². The molecule has 0 radical (unpaired) electrons. The molecule has 2 aliphatic rings. The maximum atomic E-state index is 13.3. The molecule has 5 rings (SSSR count). The van der Waals surface area contributed by atoms with E-state index in [4.69, 9.17) is 9.72 Å². The summed E-state index contributed by atoms with van der Waals surface area (Å²) in [6.07, 6.45) is 1.37. The Kier molecular flexibility index (Phi) is 5.70. The predicted molar refractivity (Wildman–Crippen MR) is 125 cm³/mol. The lowest BCUT2D eigenvalue weighted by Crippen LogP contribution is -2.52. The number of carbonyl (C=O) groups excluding carboxylic acids is 2. The van der Waals surface area contributed by atoms with Crippen LogP contribution in [-0.4, -0.2) is 61.0 Å². The third kappa shape index (κ3) is 4.02. The van der Waals surface area contributed by atoms with Gasteiger partial charge in [0.25, 0.3) is 5.91 Å². The van der Waals surface area contributed by atoms with E-state index in [0.717, 1.165) is 35.6 Å². The number of aromatic nitrogens is 1. The monoisotopic (exact) mass is 450 g/mol. The van der Waals surface area contributed by atoms with Gasteiger partial charge in [-0.1, -0.05) is 24.3 Å². The van der Waals surface area contributed by atoms with Gasteiger partial charge in [0.2, 0.25) is 5.91 Å². The van der Waals surface area contributed by atoms with Gasteiger partial charge in [0.15, 0.2) is 6.10 Å². The molecule has 2 aromatic carbocycles. The number of likely N-dealkylation sites (N-methyl/N-ethyl adjacent to an activating group) is 1. The first-order valence-electron chi connectivity index (χ1n) is 11.0. The highest BCUT2D eigenvalue weighted by Crippen LogP contribution is 2.35. The van der Waals surface area contributed by atoms with Crippen LogP contribution in [0, 0.1) is 0 Å². The third-order valence-corrected chi connectivity index (χ3v) is 7.36. The normalized spacial score (nSPS) is 20.5. The van der Waals surface area contributed by atoms with Crippen LogP contribution in [0.4, 0.5) is 5.69 Å². The Morgan fingerprint density at radius 3 is 2.81 bits per heavy atom. The second-order valence-electron chi connectivity index (χ2n) is 8.27. The molecule has 0 unspecified atom stereocenters. The first-order chi connectivity index (χ1) is 15.6. The number of carbonyl (C=O) groups is 2. The second-order valence-corrected chi connectivity index (χ2v) is 9.33. The number of piperidine rings is 1. The van der Waals surface area contributed by atoms with Crippen LogP contribution in [0.5, 0.6) is 5.75 Å². The highest BCUT2D eigenvalue weighted by Gasteiger charge is 2.33. The highest BCUT2D eigenvalue weighted by atomic mass is 32.1. The Hall–Kier alpha value is -3.13. The molecular formula is C24H26N4O3S. The molecule has 0 aliphatic carbocycles. The summed E-state index contributed by atoms with van der Waals surface area (Å²) in [5.41, 5.74) is 1.88. The van der Waals surface area contributed by atoms with Gasteiger partial charge in [-0.05, 0) is 37.1 Å². The SMILES string of the molecule is CNC(=O)[C@H]1CN(CC(=O)N2CCC[C@H](c3nc4ccccc4s3)C2)c2ccccc2O1. The number of thiazole rings is 1. The number of anilines is 1. The minimum Gasteiger partial charge on any atom is -0.477 e. The van der Waals surface area contributed by atoms with E-state index in [9.17, 15) is 9.59 Å². The number of nitrogens with one attached hydrogen (secondary N) is 1. The van der Waals surface area contributed by atoms with E-state index in [2.05, 4.69) is 11.4 Å². The van der Waals surface area contributed by atoms with E-state index in [1.54, 1.807) is 18.4 Å². The number of amides is 2. The molecular weight excluding hydrogens is 424 g/mol. The number of likely N-dealkylation sites (tertiary alicyclic amines) is 1. The minimum absolute atomic E-state index is 0.0724. The van der Waals surface area contributed by atoms with Gasteiger partial charge >= 0.3 is 0 Å². The Labute approximate surface area is 191 Å². The summed E-state index contributed by atoms with van der Waals surface area (Å²) in [5, 5.41) is 3.76. The summed E-state index contributed by atoms with van der Waals surface area (Å²) >= 11 is 1.73. The van der Waals surface area contributed by atoms with Crippen LogP contribution in [-0.2, 0) is 9.59 Å². The van der Waals surface area contributed by atoms with Crippen molar-refractivity contribution in [2.75, 3.05) is 38.1 Å². The number of rotatable bonds is 4. The molecule has 2 amide bonds. The average Bonchev–Trinajstić information content (AvgIpc) is 3.28. The molecule has 0 bridgehead atoms. The minimum atomic E-state index is -0.639. The van der Waals surface area contributed by atoms with Gasteiger partial charge in [-0.2, -0.15) is 0 Å². The van der Waals surface area contributed by atoms with Crippen molar-refractivity contribution < 1.29 is 14.3 Å². The smallest absolute Gasteiger partial charge is 0.262 e. The Morgan fingerprint density at radius 1 is 1.16 bits per heavy atom. The number of nitrogens with zero attached hydrogens (tertiary/aromatic N) is 3. The zero-order chi connectivity index (χ0) is 22.1. The lowest BCUT2D eigenvalue weighted by molar-refractivity contribution is -0.132. The Bertz CT molecular complexity index is 1110. The molecule has 3 heterocycles. The maximum Gasteiger partial charge on any atom is 0.262 e. The molecule has 2 atom stereocenters.